The summed E-state index contributed by atoms with van der Waals surface area (Å²) >= 11 is 1.86. The zero-order valence-electron chi connectivity index (χ0n) is 27.1. The summed E-state index contributed by atoms with van der Waals surface area (Å²) in [4.78, 5) is 5.18. The molecule has 3 heterocycles. The van der Waals surface area contributed by atoms with E-state index in [1.165, 1.54) is 58.7 Å². The van der Waals surface area contributed by atoms with Crippen LogP contribution in [0.3, 0.4) is 0 Å². The molecule has 236 valence electrons. The van der Waals surface area contributed by atoms with Crippen LogP contribution in [0.15, 0.2) is 181 Å². The molecule has 7 aromatic carbocycles. The van der Waals surface area contributed by atoms with E-state index in [0.717, 1.165) is 28.3 Å². The minimum atomic E-state index is 0.000474. The second kappa shape index (κ2) is 11.7. The molecule has 0 saturated carbocycles. The molecule has 4 heteroatoms. The molecule has 1 atom stereocenters. The van der Waals surface area contributed by atoms with Gasteiger partial charge in [-0.3, -0.25) is 0 Å². The Morgan fingerprint density at radius 2 is 1.14 bits per heavy atom. The monoisotopic (exact) mass is 657 g/mol. The number of hydrogen-bond acceptors (Lipinski definition) is 3. The number of thiophene rings is 1. The minimum Gasteiger partial charge on any atom is -0.359 e. The zero-order chi connectivity index (χ0) is 33.0. The molecule has 1 aliphatic heterocycles. The van der Waals surface area contributed by atoms with Crippen molar-refractivity contribution in [2.24, 2.45) is 4.99 Å². The van der Waals surface area contributed by atoms with Crippen LogP contribution in [0.5, 0.6) is 0 Å². The smallest absolute Gasteiger partial charge is 0.134 e. The highest BCUT2D eigenvalue weighted by atomic mass is 32.1. The molecule has 0 saturated heterocycles. The highest BCUT2D eigenvalue weighted by molar-refractivity contribution is 7.25. The molecule has 0 amide bonds. The fraction of sp³-hybridized carbons (Fsp3) is 0.0217. The lowest BCUT2D eigenvalue weighted by atomic mass is 10.0. The summed E-state index contributed by atoms with van der Waals surface area (Å²) in [5.74, 6) is 0.862. The Balaban J connectivity index is 1.09. The molecular weight excluding hydrogens is 627 g/mol. The van der Waals surface area contributed by atoms with Gasteiger partial charge in [0.25, 0.3) is 0 Å². The van der Waals surface area contributed by atoms with Gasteiger partial charge in [-0.05, 0) is 76.9 Å². The van der Waals surface area contributed by atoms with Gasteiger partial charge in [-0.1, -0.05) is 121 Å². The maximum absolute atomic E-state index is 5.18. The van der Waals surface area contributed by atoms with Crippen molar-refractivity contribution < 1.29 is 0 Å². The second-order valence-corrected chi connectivity index (χ2v) is 13.9. The lowest BCUT2D eigenvalue weighted by Crippen LogP contribution is -2.31. The molecule has 0 aliphatic carbocycles. The van der Waals surface area contributed by atoms with E-state index >= 15 is 0 Å². The van der Waals surface area contributed by atoms with Gasteiger partial charge in [0, 0.05) is 42.2 Å². The average Bonchev–Trinajstić information content (AvgIpc) is 3.73. The van der Waals surface area contributed by atoms with Crippen molar-refractivity contribution in [1.29, 1.82) is 0 Å². The third-order valence-corrected chi connectivity index (χ3v) is 11.0. The predicted molar refractivity (Wildman–Crippen MR) is 212 cm³/mol. The van der Waals surface area contributed by atoms with Crippen LogP contribution >= 0.6 is 11.3 Å². The molecule has 9 aromatic rings. The Labute approximate surface area is 294 Å². The van der Waals surface area contributed by atoms with Crippen LogP contribution < -0.4 is 5.32 Å². The van der Waals surface area contributed by atoms with E-state index in [0.29, 0.717) is 0 Å². The van der Waals surface area contributed by atoms with E-state index in [9.17, 15) is 0 Å². The normalized spacial score (nSPS) is 14.6. The van der Waals surface area contributed by atoms with E-state index in [1.54, 1.807) is 0 Å². The van der Waals surface area contributed by atoms with Crippen LogP contribution in [-0.2, 0) is 0 Å². The molecule has 0 spiro atoms. The number of nitrogens with zero attached hydrogens (tertiary/aromatic N) is 2. The van der Waals surface area contributed by atoms with Crippen molar-refractivity contribution in [3.8, 4) is 16.8 Å². The number of amidine groups is 1. The Hall–Kier alpha value is -6.23. The first-order chi connectivity index (χ1) is 24.8. The molecule has 10 rings (SSSR count). The van der Waals surface area contributed by atoms with Crippen LogP contribution in [0.1, 0.15) is 22.7 Å². The fourth-order valence-corrected chi connectivity index (χ4v) is 8.51. The quantitative estimate of drug-likeness (QED) is 0.196. The highest BCUT2D eigenvalue weighted by Crippen LogP contribution is 2.39. The summed E-state index contributed by atoms with van der Waals surface area (Å²) < 4.78 is 5.04. The van der Waals surface area contributed by atoms with Gasteiger partial charge in [-0.15, -0.1) is 11.3 Å². The largest absolute Gasteiger partial charge is 0.359 e. The number of aromatic nitrogens is 1. The van der Waals surface area contributed by atoms with Gasteiger partial charge in [0.1, 0.15) is 5.84 Å². The van der Waals surface area contributed by atoms with Crippen molar-refractivity contribution in [2.75, 3.05) is 0 Å². The van der Waals surface area contributed by atoms with Gasteiger partial charge in [0.15, 0.2) is 0 Å². The first kappa shape index (κ1) is 28.8. The topological polar surface area (TPSA) is 29.3 Å². The van der Waals surface area contributed by atoms with E-state index < -0.39 is 0 Å². The third-order valence-electron chi connectivity index (χ3n) is 9.84. The Morgan fingerprint density at radius 3 is 2.00 bits per heavy atom. The molecule has 0 bridgehead atoms. The number of benzene rings is 7. The highest BCUT2D eigenvalue weighted by Gasteiger charge is 2.21. The van der Waals surface area contributed by atoms with Gasteiger partial charge < -0.3 is 9.88 Å². The molecule has 3 nitrogen and oxygen atoms in total. The molecule has 0 fully saturated rings. The SMILES string of the molecule is C1=C(c2ccccc2)N=C(c2cccc(-n3c4ccccc4c4cc(-c5ccc6sc7ccccc7c6c5)ccc43)c2)NC1c1ccccc1. The third kappa shape index (κ3) is 4.84. The summed E-state index contributed by atoms with van der Waals surface area (Å²) in [6.45, 7) is 0. The van der Waals surface area contributed by atoms with E-state index in [4.69, 9.17) is 4.99 Å². The zero-order valence-corrected chi connectivity index (χ0v) is 27.9. The maximum atomic E-state index is 5.18. The van der Waals surface area contributed by atoms with Gasteiger partial charge in [0.05, 0.1) is 22.8 Å². The fourth-order valence-electron chi connectivity index (χ4n) is 7.42. The summed E-state index contributed by atoms with van der Waals surface area (Å²) in [7, 11) is 0. The molecule has 1 unspecified atom stereocenters. The summed E-state index contributed by atoms with van der Waals surface area (Å²) in [6, 6.07) is 61.0. The van der Waals surface area contributed by atoms with Crippen LogP contribution in [0.4, 0.5) is 0 Å². The van der Waals surface area contributed by atoms with Crippen molar-refractivity contribution in [2.45, 2.75) is 6.04 Å². The molecule has 1 aliphatic rings. The van der Waals surface area contributed by atoms with Crippen LogP contribution in [0.25, 0.3) is 64.5 Å². The number of fused-ring (bicyclic) bond motifs is 6. The number of rotatable bonds is 5. The Bertz CT molecular complexity index is 2790. The van der Waals surface area contributed by atoms with Crippen LogP contribution in [-0.4, -0.2) is 10.4 Å². The van der Waals surface area contributed by atoms with Gasteiger partial charge in [-0.25, -0.2) is 4.99 Å². The van der Waals surface area contributed by atoms with Gasteiger partial charge in [-0.2, -0.15) is 0 Å². The summed E-state index contributed by atoms with van der Waals surface area (Å²) in [6.07, 6.45) is 2.22. The van der Waals surface area contributed by atoms with Crippen molar-refractivity contribution in [3.63, 3.8) is 0 Å². The van der Waals surface area contributed by atoms with Crippen LogP contribution in [0.2, 0.25) is 0 Å². The first-order valence-electron chi connectivity index (χ1n) is 17.0. The average molecular weight is 658 g/mol. The lowest BCUT2D eigenvalue weighted by molar-refractivity contribution is 0.781. The van der Waals surface area contributed by atoms with Crippen molar-refractivity contribution in [3.05, 3.63) is 193 Å². The molecular formula is C46H31N3S. The number of hydrogen-bond donors (Lipinski definition) is 1. The number of aliphatic imine (C=N–C) groups is 1. The predicted octanol–water partition coefficient (Wildman–Crippen LogP) is 12.0. The maximum Gasteiger partial charge on any atom is 0.134 e. The summed E-state index contributed by atoms with van der Waals surface area (Å²) in [5.41, 5.74) is 10.2. The standard InChI is InChI=1S/C46H31N3S/c1-3-12-30(13-4-1)40-29-41(31-14-5-2-6-15-31)48-46(47-40)34-16-11-17-35(26-34)49-42-20-9-7-18-36(42)38-27-32(22-24-43(38)49)33-23-25-45-39(28-33)37-19-8-10-21-44(37)50-45/h1-29,40H,(H,47,48). The summed E-state index contributed by atoms with van der Waals surface area (Å²) in [5, 5.41) is 8.87. The van der Waals surface area contributed by atoms with Gasteiger partial charge >= 0.3 is 0 Å². The van der Waals surface area contributed by atoms with E-state index in [-0.39, 0.29) is 6.04 Å². The molecule has 0 radical (unpaired) electrons. The minimum absolute atomic E-state index is 0.000474. The molecule has 50 heavy (non-hydrogen) atoms. The number of nitrogens with one attached hydrogen (secondary N) is 1. The van der Waals surface area contributed by atoms with Crippen molar-refractivity contribution in [1.82, 2.24) is 9.88 Å². The lowest BCUT2D eigenvalue weighted by Gasteiger charge is -2.25. The van der Waals surface area contributed by atoms with E-state index in [1.807, 2.05) is 17.4 Å². The number of para-hydroxylation sites is 1. The molecule has 2 aromatic heterocycles. The van der Waals surface area contributed by atoms with Crippen molar-refractivity contribution >= 4 is 64.8 Å². The molecule has 1 N–H and O–H groups in total. The first-order valence-corrected chi connectivity index (χ1v) is 17.8. The second-order valence-electron chi connectivity index (χ2n) is 12.9. The Morgan fingerprint density at radius 1 is 0.480 bits per heavy atom. The van der Waals surface area contributed by atoms with E-state index in [2.05, 4.69) is 180 Å². The van der Waals surface area contributed by atoms with Gasteiger partial charge in [0.2, 0.25) is 0 Å². The Kier molecular flexibility index (Phi) is 6.74. The van der Waals surface area contributed by atoms with Crippen LogP contribution in [0, 0.1) is 0 Å².